The summed E-state index contributed by atoms with van der Waals surface area (Å²) in [7, 11) is -2.95. The molecule has 0 saturated heterocycles. The molecule has 0 bridgehead atoms. The van der Waals surface area contributed by atoms with Crippen LogP contribution in [0.15, 0.2) is 24.5 Å². The number of rotatable bonds is 6. The third kappa shape index (κ3) is 3.29. The Balaban J connectivity index is 2.64. The van der Waals surface area contributed by atoms with Gasteiger partial charge in [-0.15, -0.1) is 0 Å². The second kappa shape index (κ2) is 5.35. The molecule has 1 rings (SSSR count). The summed E-state index contributed by atoms with van der Waals surface area (Å²) in [4.78, 5) is 0. The molecule has 4 nitrogen and oxygen atoms in total. The van der Waals surface area contributed by atoms with Crippen molar-refractivity contribution in [2.24, 2.45) is 0 Å². The Morgan fingerprint density at radius 3 is 2.07 bits per heavy atom. The van der Waals surface area contributed by atoms with Crippen LogP contribution in [0, 0.1) is 0 Å². The summed E-state index contributed by atoms with van der Waals surface area (Å²) in [5, 5.41) is 0. The lowest BCUT2D eigenvalue weighted by Gasteiger charge is -2.17. The van der Waals surface area contributed by atoms with Gasteiger partial charge in [0.1, 0.15) is 6.29 Å². The first-order valence-electron chi connectivity index (χ1n) is 4.69. The lowest BCUT2D eigenvalue weighted by molar-refractivity contribution is 0.214. The Morgan fingerprint density at radius 1 is 1.14 bits per heavy atom. The van der Waals surface area contributed by atoms with Crippen LogP contribution in [-0.2, 0) is 19.9 Å². The second-order valence-corrected chi connectivity index (χ2v) is 4.81. The molecule has 0 spiro atoms. The topological polar surface area (TPSA) is 40.5 Å². The van der Waals surface area contributed by atoms with Crippen molar-refractivity contribution in [1.29, 1.82) is 0 Å². The molecule has 1 heterocycles. The molecule has 0 aliphatic rings. The maximum atomic E-state index is 12.0. The van der Waals surface area contributed by atoms with E-state index in [2.05, 4.69) is 0 Å². The molecular weight excluding hydrogens is 201 g/mol. The molecule has 1 aromatic heterocycles. The number of hydrogen-bond donors (Lipinski definition) is 0. The van der Waals surface area contributed by atoms with Gasteiger partial charge in [0, 0.05) is 12.4 Å². The van der Waals surface area contributed by atoms with Crippen LogP contribution in [0.1, 0.15) is 13.8 Å². The van der Waals surface area contributed by atoms with E-state index >= 15 is 0 Å². The maximum absolute atomic E-state index is 12.0. The average molecular weight is 217 g/mol. The van der Waals surface area contributed by atoms with Crippen LogP contribution in [0.2, 0.25) is 0 Å². The van der Waals surface area contributed by atoms with Crippen molar-refractivity contribution < 1.29 is 13.6 Å². The van der Waals surface area contributed by atoms with Gasteiger partial charge in [0.25, 0.3) is 0 Å². The van der Waals surface area contributed by atoms with Crippen LogP contribution in [-0.4, -0.2) is 17.8 Å². The van der Waals surface area contributed by atoms with E-state index in [0.717, 1.165) is 0 Å². The Labute approximate surface area is 84.4 Å². The largest absolute Gasteiger partial charge is 0.350 e. The highest BCUT2D eigenvalue weighted by molar-refractivity contribution is 7.52. The highest BCUT2D eigenvalue weighted by Crippen LogP contribution is 2.49. The predicted octanol–water partition coefficient (Wildman–Crippen LogP) is 2.71. The summed E-state index contributed by atoms with van der Waals surface area (Å²) in [5.41, 5.74) is 0. The molecule has 0 amide bonds. The first-order chi connectivity index (χ1) is 6.70. The maximum Gasteiger partial charge on any atom is 0.350 e. The minimum atomic E-state index is -2.95. The van der Waals surface area contributed by atoms with Gasteiger partial charge in [-0.05, 0) is 26.0 Å². The van der Waals surface area contributed by atoms with Gasteiger partial charge in [-0.2, -0.15) is 0 Å². The van der Waals surface area contributed by atoms with Gasteiger partial charge in [0.15, 0.2) is 0 Å². The standard InChI is InChI=1S/C9H16NO3P/c1-3-12-14(11,13-4-2)9-10-7-5-6-8-10/h5-8H,3-4,9H2,1-2H3. The smallest absolute Gasteiger partial charge is 0.342 e. The predicted molar refractivity (Wildman–Crippen MR) is 55.3 cm³/mol. The molecule has 0 atom stereocenters. The highest BCUT2D eigenvalue weighted by Gasteiger charge is 2.23. The van der Waals surface area contributed by atoms with E-state index in [1.54, 1.807) is 18.4 Å². The van der Waals surface area contributed by atoms with Crippen molar-refractivity contribution in [3.8, 4) is 0 Å². The summed E-state index contributed by atoms with van der Waals surface area (Å²) in [6.45, 7) is 4.42. The van der Waals surface area contributed by atoms with Crippen LogP contribution < -0.4 is 0 Å². The van der Waals surface area contributed by atoms with E-state index in [-0.39, 0.29) is 6.29 Å². The van der Waals surface area contributed by atoms with Crippen LogP contribution in [0.5, 0.6) is 0 Å². The first kappa shape index (κ1) is 11.5. The van der Waals surface area contributed by atoms with Crippen molar-refractivity contribution in [2.75, 3.05) is 13.2 Å². The van der Waals surface area contributed by atoms with E-state index in [1.165, 1.54) is 0 Å². The Kier molecular flexibility index (Phi) is 4.39. The third-order valence-corrected chi connectivity index (χ3v) is 3.63. The molecule has 5 heteroatoms. The van der Waals surface area contributed by atoms with E-state index < -0.39 is 7.60 Å². The third-order valence-electron chi connectivity index (χ3n) is 1.65. The molecule has 14 heavy (non-hydrogen) atoms. The van der Waals surface area contributed by atoms with E-state index in [9.17, 15) is 4.57 Å². The number of hydrogen-bond acceptors (Lipinski definition) is 3. The summed E-state index contributed by atoms with van der Waals surface area (Å²) >= 11 is 0. The zero-order valence-corrected chi connectivity index (χ0v) is 9.44. The molecule has 0 fully saturated rings. The second-order valence-electron chi connectivity index (χ2n) is 2.79. The Hall–Kier alpha value is -0.570. The summed E-state index contributed by atoms with van der Waals surface area (Å²) in [6, 6.07) is 3.75. The van der Waals surface area contributed by atoms with Crippen molar-refractivity contribution in [3.63, 3.8) is 0 Å². The van der Waals surface area contributed by atoms with Crippen LogP contribution in [0.3, 0.4) is 0 Å². The van der Waals surface area contributed by atoms with Gasteiger partial charge < -0.3 is 13.6 Å². The number of aromatic nitrogens is 1. The normalized spacial score (nSPS) is 11.9. The van der Waals surface area contributed by atoms with Crippen molar-refractivity contribution in [1.82, 2.24) is 4.57 Å². The van der Waals surface area contributed by atoms with Gasteiger partial charge in [0.05, 0.1) is 13.2 Å². The van der Waals surface area contributed by atoms with Gasteiger partial charge in [-0.3, -0.25) is 4.57 Å². The summed E-state index contributed by atoms with van der Waals surface area (Å²) in [6.07, 6.45) is 3.96. The fraction of sp³-hybridized carbons (Fsp3) is 0.556. The zero-order valence-electron chi connectivity index (χ0n) is 8.55. The number of nitrogens with zero attached hydrogens (tertiary/aromatic N) is 1. The average Bonchev–Trinajstić information content (AvgIpc) is 2.57. The summed E-state index contributed by atoms with van der Waals surface area (Å²) < 4.78 is 24.1. The fourth-order valence-corrected chi connectivity index (χ4v) is 2.79. The van der Waals surface area contributed by atoms with E-state index in [4.69, 9.17) is 9.05 Å². The van der Waals surface area contributed by atoms with Crippen LogP contribution >= 0.6 is 7.60 Å². The molecule has 0 radical (unpaired) electrons. The summed E-state index contributed by atoms with van der Waals surface area (Å²) in [5.74, 6) is 0. The SMILES string of the molecule is CCOP(=O)(Cn1cccc1)OCC. The minimum absolute atomic E-state index is 0.279. The minimum Gasteiger partial charge on any atom is -0.342 e. The monoisotopic (exact) mass is 217 g/mol. The van der Waals surface area contributed by atoms with Gasteiger partial charge in [-0.1, -0.05) is 0 Å². The van der Waals surface area contributed by atoms with E-state index in [0.29, 0.717) is 13.2 Å². The van der Waals surface area contributed by atoms with Gasteiger partial charge in [0.2, 0.25) is 0 Å². The molecule has 80 valence electrons. The molecule has 0 N–H and O–H groups in total. The molecule has 1 aromatic rings. The molecule has 0 aliphatic carbocycles. The lowest BCUT2D eigenvalue weighted by Crippen LogP contribution is -2.03. The Bertz CT molecular complexity index is 287. The van der Waals surface area contributed by atoms with Crippen molar-refractivity contribution >= 4 is 7.60 Å². The van der Waals surface area contributed by atoms with Crippen LogP contribution in [0.25, 0.3) is 0 Å². The van der Waals surface area contributed by atoms with Crippen molar-refractivity contribution in [2.45, 2.75) is 20.1 Å². The fourth-order valence-electron chi connectivity index (χ4n) is 1.18. The van der Waals surface area contributed by atoms with E-state index in [1.807, 2.05) is 24.5 Å². The highest BCUT2D eigenvalue weighted by atomic mass is 31.2. The van der Waals surface area contributed by atoms with Crippen LogP contribution in [0.4, 0.5) is 0 Å². The quantitative estimate of drug-likeness (QED) is 0.688. The molecular formula is C9H16NO3P. The molecule has 0 aromatic carbocycles. The zero-order chi connectivity index (χ0) is 10.4. The Morgan fingerprint density at radius 2 is 1.64 bits per heavy atom. The van der Waals surface area contributed by atoms with Gasteiger partial charge >= 0.3 is 7.60 Å². The van der Waals surface area contributed by atoms with Gasteiger partial charge in [-0.25, -0.2) is 0 Å². The first-order valence-corrected chi connectivity index (χ1v) is 6.42. The molecule has 0 unspecified atom stereocenters. The van der Waals surface area contributed by atoms with Crippen molar-refractivity contribution in [3.05, 3.63) is 24.5 Å². The lowest BCUT2D eigenvalue weighted by atomic mass is 10.7. The molecule has 0 saturated carbocycles. The molecule has 0 aliphatic heterocycles.